The third kappa shape index (κ3) is 4.38. The number of benzene rings is 6. The van der Waals surface area contributed by atoms with Crippen molar-refractivity contribution in [1.82, 2.24) is 0 Å². The van der Waals surface area contributed by atoms with Crippen molar-refractivity contribution in [2.45, 2.75) is 0 Å². The highest BCUT2D eigenvalue weighted by atomic mass is 15.2. The van der Waals surface area contributed by atoms with Gasteiger partial charge in [-0.05, 0) is 89.2 Å². The number of allylic oxidation sites excluding steroid dienone is 3. The highest BCUT2D eigenvalue weighted by Gasteiger charge is 2.43. The van der Waals surface area contributed by atoms with Crippen molar-refractivity contribution in [1.29, 1.82) is 0 Å². The zero-order valence-electron chi connectivity index (χ0n) is 25.5. The minimum atomic E-state index is 0.0550. The van der Waals surface area contributed by atoms with Crippen LogP contribution in [-0.4, -0.2) is 6.71 Å². The zero-order valence-corrected chi connectivity index (χ0v) is 25.5. The molecule has 0 aliphatic carbocycles. The number of nitrogens with zero attached hydrogens (tertiary/aromatic N) is 3. The summed E-state index contributed by atoms with van der Waals surface area (Å²) in [5.41, 5.74) is 13.8. The van der Waals surface area contributed by atoms with Crippen molar-refractivity contribution >= 4 is 68.6 Å². The van der Waals surface area contributed by atoms with E-state index in [1.807, 2.05) is 18.2 Å². The van der Waals surface area contributed by atoms with Gasteiger partial charge in [-0.15, -0.1) is 0 Å². The molecule has 2 heterocycles. The summed E-state index contributed by atoms with van der Waals surface area (Å²) in [4.78, 5) is 7.13. The van der Waals surface area contributed by atoms with Gasteiger partial charge in [0.25, 0.3) is 6.71 Å². The molecule has 0 fully saturated rings. The van der Waals surface area contributed by atoms with Crippen LogP contribution in [0.3, 0.4) is 0 Å². The molecule has 0 bridgehead atoms. The van der Waals surface area contributed by atoms with Crippen molar-refractivity contribution in [2.24, 2.45) is 0 Å². The molecule has 0 unspecified atom stereocenters. The first-order chi connectivity index (χ1) is 22.8. The summed E-state index contributed by atoms with van der Waals surface area (Å²) >= 11 is 0. The summed E-state index contributed by atoms with van der Waals surface area (Å²) in [5.74, 6) is 0. The Balaban J connectivity index is 1.51. The largest absolute Gasteiger partial charge is 0.311 e. The molecule has 3 nitrogen and oxygen atoms in total. The fourth-order valence-electron chi connectivity index (χ4n) is 7.10. The zero-order chi connectivity index (χ0) is 31.0. The molecule has 2 aliphatic heterocycles. The van der Waals surface area contributed by atoms with E-state index in [0.717, 1.165) is 45.5 Å². The Morgan fingerprint density at radius 3 is 1.67 bits per heavy atom. The lowest BCUT2D eigenvalue weighted by Gasteiger charge is -2.45. The number of hydrogen-bond acceptors (Lipinski definition) is 3. The highest BCUT2D eigenvalue weighted by Crippen LogP contribution is 2.46. The number of rotatable bonds is 7. The molecule has 0 radical (unpaired) electrons. The van der Waals surface area contributed by atoms with Gasteiger partial charge in [-0.2, -0.15) is 0 Å². The van der Waals surface area contributed by atoms with Gasteiger partial charge in [0, 0.05) is 45.5 Å². The Morgan fingerprint density at radius 2 is 1.07 bits per heavy atom. The van der Waals surface area contributed by atoms with Crippen LogP contribution in [0, 0.1) is 0 Å². The maximum Gasteiger partial charge on any atom is 0.252 e. The van der Waals surface area contributed by atoms with Gasteiger partial charge in [0.05, 0.1) is 5.69 Å². The molecule has 0 amide bonds. The van der Waals surface area contributed by atoms with Gasteiger partial charge in [0.1, 0.15) is 0 Å². The van der Waals surface area contributed by atoms with Crippen molar-refractivity contribution in [3.8, 4) is 0 Å². The van der Waals surface area contributed by atoms with Gasteiger partial charge in [-0.25, -0.2) is 0 Å². The number of fused-ring (bicyclic) bond motifs is 4. The normalized spacial score (nSPS) is 13.0. The third-order valence-electron chi connectivity index (χ3n) is 8.93. The first kappa shape index (κ1) is 27.5. The Labute approximate surface area is 271 Å². The van der Waals surface area contributed by atoms with Crippen LogP contribution in [0.5, 0.6) is 0 Å². The predicted octanol–water partition coefficient (Wildman–Crippen LogP) is 9.16. The molecule has 46 heavy (non-hydrogen) atoms. The van der Waals surface area contributed by atoms with E-state index in [-0.39, 0.29) is 6.71 Å². The molecule has 0 N–H and O–H groups in total. The molecule has 2 aliphatic rings. The average molecular weight is 590 g/mol. The van der Waals surface area contributed by atoms with Gasteiger partial charge >= 0.3 is 0 Å². The quantitative estimate of drug-likeness (QED) is 0.136. The lowest BCUT2D eigenvalue weighted by molar-refractivity contribution is 1.19. The molecular formula is C42H32BN3. The van der Waals surface area contributed by atoms with Crippen molar-refractivity contribution in [2.75, 3.05) is 14.7 Å². The summed E-state index contributed by atoms with van der Waals surface area (Å²) in [6.45, 7) is 8.36. The topological polar surface area (TPSA) is 9.72 Å². The van der Waals surface area contributed by atoms with Gasteiger partial charge in [-0.3, -0.25) is 0 Å². The average Bonchev–Trinajstić information content (AvgIpc) is 3.12. The van der Waals surface area contributed by atoms with E-state index in [4.69, 9.17) is 0 Å². The minimum absolute atomic E-state index is 0.0550. The van der Waals surface area contributed by atoms with E-state index in [0.29, 0.717) is 0 Å². The Hall–Kier alpha value is -6.00. The van der Waals surface area contributed by atoms with E-state index in [2.05, 4.69) is 180 Å². The van der Waals surface area contributed by atoms with Gasteiger partial charge in [0.2, 0.25) is 0 Å². The van der Waals surface area contributed by atoms with Crippen LogP contribution >= 0.6 is 0 Å². The molecule has 0 spiro atoms. The lowest BCUT2D eigenvalue weighted by atomic mass is 9.33. The molecule has 218 valence electrons. The fraction of sp³-hybridized carbons (Fsp3) is 0. The van der Waals surface area contributed by atoms with E-state index in [9.17, 15) is 0 Å². The highest BCUT2D eigenvalue weighted by molar-refractivity contribution is 7.00. The molecule has 4 heteroatoms. The van der Waals surface area contributed by atoms with Crippen molar-refractivity contribution in [3.05, 3.63) is 189 Å². The van der Waals surface area contributed by atoms with Crippen LogP contribution in [0.4, 0.5) is 45.5 Å². The third-order valence-corrected chi connectivity index (χ3v) is 8.93. The van der Waals surface area contributed by atoms with Gasteiger partial charge in [-0.1, -0.05) is 110 Å². The fourth-order valence-corrected chi connectivity index (χ4v) is 7.10. The molecule has 6 aromatic rings. The lowest BCUT2D eigenvalue weighted by Crippen LogP contribution is -2.61. The van der Waals surface area contributed by atoms with Gasteiger partial charge < -0.3 is 14.7 Å². The molecule has 0 saturated carbocycles. The summed E-state index contributed by atoms with van der Waals surface area (Å²) in [6, 6.07) is 54.3. The first-order valence-corrected chi connectivity index (χ1v) is 15.6. The van der Waals surface area contributed by atoms with Crippen LogP contribution in [-0.2, 0) is 0 Å². The molecule has 0 atom stereocenters. The van der Waals surface area contributed by atoms with Crippen molar-refractivity contribution < 1.29 is 0 Å². The maximum absolute atomic E-state index is 4.25. The Kier molecular flexibility index (Phi) is 6.88. The van der Waals surface area contributed by atoms with E-state index >= 15 is 0 Å². The monoisotopic (exact) mass is 589 g/mol. The molecule has 0 saturated heterocycles. The molecule has 6 aromatic carbocycles. The van der Waals surface area contributed by atoms with E-state index < -0.39 is 0 Å². The van der Waals surface area contributed by atoms with Crippen molar-refractivity contribution in [3.63, 3.8) is 0 Å². The number of hydrogen-bond donors (Lipinski definition) is 0. The standard InChI is InChI=1S/C42H32BN3/c1-3-18-31(4-2)45-38-27-16-14-25-36(38)43-37-26-15-17-28-39(37)46(34-23-12-7-13-24-34)41-30-35(29-40(45)42(41)43)44(32-19-8-5-9-20-32)33-21-10-6-11-22-33/h3-30H,1-2H2/b31-18+. The SMILES string of the molecule is C=C/C=C(\C=C)N1c2ccccc2B2c3ccccc3N(c3ccccc3)c3cc(N(c4ccccc4)c4ccccc4)cc1c32. The van der Waals surface area contributed by atoms with Gasteiger partial charge in [0.15, 0.2) is 0 Å². The summed E-state index contributed by atoms with van der Waals surface area (Å²) in [7, 11) is 0. The smallest absolute Gasteiger partial charge is 0.252 e. The summed E-state index contributed by atoms with van der Waals surface area (Å²) < 4.78 is 0. The van der Waals surface area contributed by atoms with Crippen LogP contribution in [0.2, 0.25) is 0 Å². The number of para-hydroxylation sites is 5. The second kappa shape index (κ2) is 11.5. The predicted molar refractivity (Wildman–Crippen MR) is 198 cm³/mol. The van der Waals surface area contributed by atoms with Crippen LogP contribution in [0.25, 0.3) is 0 Å². The summed E-state index contributed by atoms with van der Waals surface area (Å²) in [6.07, 6.45) is 5.81. The second-order valence-corrected chi connectivity index (χ2v) is 11.5. The van der Waals surface area contributed by atoms with E-state index in [1.165, 1.54) is 22.1 Å². The molecule has 0 aromatic heterocycles. The Bertz CT molecular complexity index is 2070. The second-order valence-electron chi connectivity index (χ2n) is 11.5. The van der Waals surface area contributed by atoms with E-state index in [1.54, 1.807) is 0 Å². The van der Waals surface area contributed by atoms with Crippen LogP contribution in [0.1, 0.15) is 0 Å². The maximum atomic E-state index is 4.25. The van der Waals surface area contributed by atoms with Crippen LogP contribution < -0.4 is 31.1 Å². The Morgan fingerprint density at radius 1 is 0.543 bits per heavy atom. The molecule has 8 rings (SSSR count). The molecular weight excluding hydrogens is 557 g/mol. The first-order valence-electron chi connectivity index (χ1n) is 15.6. The number of anilines is 8. The summed E-state index contributed by atoms with van der Waals surface area (Å²) in [5, 5.41) is 0. The minimum Gasteiger partial charge on any atom is -0.311 e. The van der Waals surface area contributed by atoms with Crippen LogP contribution in [0.15, 0.2) is 189 Å².